The molecular formula is C61H60F6N10O10S4. The van der Waals surface area contributed by atoms with Gasteiger partial charge in [-0.15, -0.1) is 26.3 Å². The molecule has 14 rings (SSSR count). The molecule has 30 heteroatoms. The molecule has 91 heavy (non-hydrogen) atoms. The predicted molar refractivity (Wildman–Crippen MR) is 326 cm³/mol. The summed E-state index contributed by atoms with van der Waals surface area (Å²) in [4.78, 5) is 39.7. The van der Waals surface area contributed by atoms with Crippen LogP contribution in [0.25, 0.3) is 42.9 Å². The number of sulfonamides is 2. The van der Waals surface area contributed by atoms with E-state index in [0.29, 0.717) is 128 Å². The summed E-state index contributed by atoms with van der Waals surface area (Å²) < 4.78 is 161. The minimum atomic E-state index is -5.09. The first-order chi connectivity index (χ1) is 43.4. The molecule has 8 aromatic rings. The van der Waals surface area contributed by atoms with Gasteiger partial charge >= 0.3 is 12.7 Å². The molecule has 4 aromatic carbocycles. The van der Waals surface area contributed by atoms with Crippen molar-refractivity contribution in [3.63, 3.8) is 0 Å². The summed E-state index contributed by atoms with van der Waals surface area (Å²) in [5, 5.41) is 16.8. The number of fused-ring (bicyclic) bond motifs is 2. The molecule has 4 aliphatic carbocycles. The van der Waals surface area contributed by atoms with Crippen LogP contribution in [0.1, 0.15) is 144 Å². The molecule has 4 aromatic heterocycles. The number of alkyl halides is 6. The molecule has 4 N–H and O–H groups in total. The monoisotopic (exact) mass is 1330 g/mol. The highest BCUT2D eigenvalue weighted by Crippen LogP contribution is 2.58. The molecule has 0 spiro atoms. The van der Waals surface area contributed by atoms with Gasteiger partial charge in [-0.05, 0) is 150 Å². The van der Waals surface area contributed by atoms with Gasteiger partial charge < -0.3 is 39.0 Å². The van der Waals surface area contributed by atoms with Crippen LogP contribution < -0.4 is 39.4 Å². The Labute approximate surface area is 525 Å². The SMILES string of the molecule is CC1(S(=O)(=O)NC(=O)c2ccc3nc(N4CCC(NCc5c(-c6ccccc6OC(F)(F)F)noc5C5CC5c5ccc(-c6noc(C7CC7)c6CNC6CCN(c7nc8ccc(C(=O)NS(=O)(=O)C9CC9)cc8s7)CC6)c(OC(F)(F)F)c5)CC4)sc3c2)CC1. The lowest BCUT2D eigenvalue weighted by Gasteiger charge is -2.32. The number of carbonyl (C=O) groups excluding carboxylic acids is 2. The van der Waals surface area contributed by atoms with E-state index in [9.17, 15) is 52.8 Å². The normalized spacial score (nSPS) is 19.9. The van der Waals surface area contributed by atoms with E-state index in [0.717, 1.165) is 27.8 Å². The Hall–Kier alpha value is -7.38. The molecule has 480 valence electrons. The Bertz CT molecular complexity index is 4370. The molecule has 2 atom stereocenters. The van der Waals surface area contributed by atoms with E-state index in [4.69, 9.17) is 23.8 Å². The van der Waals surface area contributed by atoms with E-state index in [-0.39, 0.29) is 64.7 Å². The lowest BCUT2D eigenvalue weighted by molar-refractivity contribution is -0.275. The van der Waals surface area contributed by atoms with Crippen molar-refractivity contribution >= 4 is 85.2 Å². The molecule has 6 heterocycles. The fourth-order valence-electron chi connectivity index (χ4n) is 12.1. The number of benzene rings is 4. The predicted octanol–water partition coefficient (Wildman–Crippen LogP) is 11.5. The van der Waals surface area contributed by atoms with Crippen molar-refractivity contribution in [1.82, 2.24) is 40.4 Å². The van der Waals surface area contributed by atoms with Gasteiger partial charge in [0.25, 0.3) is 11.8 Å². The molecule has 2 aliphatic heterocycles. The van der Waals surface area contributed by atoms with Gasteiger partial charge in [-0.25, -0.2) is 36.2 Å². The molecule has 2 saturated heterocycles. The summed E-state index contributed by atoms with van der Waals surface area (Å²) >= 11 is 2.78. The Morgan fingerprint density at radius 2 is 1.14 bits per heavy atom. The zero-order valence-corrected chi connectivity index (χ0v) is 51.9. The van der Waals surface area contributed by atoms with Crippen LogP contribution >= 0.6 is 22.7 Å². The van der Waals surface area contributed by atoms with Gasteiger partial charge in [0.05, 0.1) is 30.4 Å². The number of anilines is 2. The summed E-state index contributed by atoms with van der Waals surface area (Å²) in [6.07, 6.45) is -3.34. The highest BCUT2D eigenvalue weighted by Gasteiger charge is 2.51. The second-order valence-corrected chi connectivity index (χ2v) is 30.7. The fraction of sp³-hybridized carbons (Fsp3) is 0.443. The summed E-state index contributed by atoms with van der Waals surface area (Å²) in [6, 6.07) is 19.9. The van der Waals surface area contributed by atoms with Crippen LogP contribution in [0.4, 0.5) is 36.6 Å². The minimum absolute atomic E-state index is 0.0165. The summed E-state index contributed by atoms with van der Waals surface area (Å²) in [6.45, 7) is 4.39. The first-order valence-electron chi connectivity index (χ1n) is 30.0. The maximum Gasteiger partial charge on any atom is 0.573 e. The number of thiazole rings is 2. The van der Waals surface area contributed by atoms with Crippen molar-refractivity contribution in [2.24, 2.45) is 0 Å². The standard InChI is InChI=1S/C61H60F6N10O10S4/c1-59(20-21-59)91(82,83)75-56(79)35-10-15-46-50(28-35)89-58(71-46)77-24-18-37(19-25-77)69-31-44-51(39-4-2-3-5-47(39)84-60(62,63)64)73-87-54(44)42-29-41(42)33-8-13-40(48(26-33)85-61(65,66)67)52-43(53(86-72-52)32-6-7-32)30-68-36-16-22-76(23-17-36)57-70-45-14-9-34(27-49(45)88-57)55(78)74-90(80,81)38-11-12-38/h2-5,8-10,13-15,26-28,32,36-38,41-42,68-69H,6-7,11-12,16-25,29-31H2,1H3,(H,74,78)(H,75,79). The lowest BCUT2D eigenvalue weighted by Crippen LogP contribution is -2.42. The quantitative estimate of drug-likeness (QED) is 0.0488. The van der Waals surface area contributed by atoms with Gasteiger partial charge in [0.2, 0.25) is 20.0 Å². The number of ether oxygens (including phenoxy) is 2. The van der Waals surface area contributed by atoms with Gasteiger partial charge in [0, 0.05) is 96.6 Å². The number of piperidine rings is 2. The van der Waals surface area contributed by atoms with Crippen LogP contribution in [0.5, 0.6) is 11.5 Å². The van der Waals surface area contributed by atoms with Crippen molar-refractivity contribution in [3.8, 4) is 34.0 Å². The van der Waals surface area contributed by atoms with Crippen LogP contribution in [0, 0.1) is 0 Å². The van der Waals surface area contributed by atoms with Crippen LogP contribution in [-0.4, -0.2) is 110 Å². The van der Waals surface area contributed by atoms with Gasteiger partial charge in [-0.1, -0.05) is 51.2 Å². The van der Waals surface area contributed by atoms with Gasteiger partial charge in [-0.3, -0.25) is 9.59 Å². The molecule has 2 amide bonds. The van der Waals surface area contributed by atoms with Crippen LogP contribution in [0.2, 0.25) is 0 Å². The third-order valence-electron chi connectivity index (χ3n) is 18.0. The van der Waals surface area contributed by atoms with Crippen molar-refractivity contribution in [2.75, 3.05) is 36.0 Å². The summed E-state index contributed by atoms with van der Waals surface area (Å²) in [5.74, 6) is -2.19. The van der Waals surface area contributed by atoms with Crippen molar-refractivity contribution in [1.29, 1.82) is 0 Å². The van der Waals surface area contributed by atoms with Crippen molar-refractivity contribution in [2.45, 2.75) is 143 Å². The van der Waals surface area contributed by atoms with Gasteiger partial charge in [0.15, 0.2) is 10.3 Å². The van der Waals surface area contributed by atoms with E-state index >= 15 is 0 Å². The number of para-hydroxylation sites is 1. The second-order valence-electron chi connectivity index (χ2n) is 24.5. The first-order valence-corrected chi connectivity index (χ1v) is 34.7. The molecule has 6 aliphatic rings. The maximum absolute atomic E-state index is 14.5. The van der Waals surface area contributed by atoms with E-state index in [1.165, 1.54) is 46.9 Å². The molecule has 4 saturated carbocycles. The zero-order chi connectivity index (χ0) is 63.4. The smallest absolute Gasteiger partial charge is 0.405 e. The highest BCUT2D eigenvalue weighted by molar-refractivity contribution is 7.91. The summed E-state index contributed by atoms with van der Waals surface area (Å²) in [7, 11) is -7.55. The number of hydrogen-bond acceptors (Lipinski definition) is 20. The van der Waals surface area contributed by atoms with Gasteiger partial charge in [-0.2, -0.15) is 0 Å². The van der Waals surface area contributed by atoms with Crippen LogP contribution in [-0.2, 0) is 33.1 Å². The Morgan fingerprint density at radius 3 is 1.68 bits per heavy atom. The third kappa shape index (κ3) is 13.1. The average Bonchev–Trinajstić information content (AvgIpc) is 1.67. The number of aromatic nitrogens is 4. The first kappa shape index (κ1) is 61.1. The zero-order valence-electron chi connectivity index (χ0n) is 48.7. The molecule has 0 bridgehead atoms. The molecular weight excluding hydrogens is 1270 g/mol. The van der Waals surface area contributed by atoms with E-state index in [1.54, 1.807) is 61.5 Å². The minimum Gasteiger partial charge on any atom is -0.405 e. The molecule has 6 fully saturated rings. The number of amides is 2. The largest absolute Gasteiger partial charge is 0.573 e. The number of carbonyl (C=O) groups is 2. The molecule has 20 nitrogen and oxygen atoms in total. The van der Waals surface area contributed by atoms with Crippen molar-refractivity contribution < 1.29 is 71.3 Å². The van der Waals surface area contributed by atoms with Crippen LogP contribution in [0.15, 0.2) is 87.9 Å². The topological polar surface area (TPSA) is 253 Å². The van der Waals surface area contributed by atoms with Gasteiger partial charge in [0.1, 0.15) is 34.4 Å². The Morgan fingerprint density at radius 1 is 0.626 bits per heavy atom. The maximum atomic E-state index is 14.5. The van der Waals surface area contributed by atoms with E-state index in [2.05, 4.69) is 44.9 Å². The molecule has 2 unspecified atom stereocenters. The summed E-state index contributed by atoms with van der Waals surface area (Å²) in [5.41, 5.74) is 3.79. The third-order valence-corrected chi connectivity index (χ3v) is 24.1. The number of rotatable bonds is 21. The number of halogens is 6. The molecule has 0 radical (unpaired) electrons. The average molecular weight is 1340 g/mol. The van der Waals surface area contributed by atoms with E-state index in [1.807, 2.05) is 0 Å². The Balaban J connectivity index is 0.659. The number of hydrogen-bond donors (Lipinski definition) is 4. The highest BCUT2D eigenvalue weighted by atomic mass is 32.2. The number of nitrogens with one attached hydrogen (secondary N) is 4. The second kappa shape index (κ2) is 23.3. The lowest BCUT2D eigenvalue weighted by atomic mass is 9.97. The Kier molecular flexibility index (Phi) is 15.7. The fourth-order valence-corrected chi connectivity index (χ4v) is 16.7. The van der Waals surface area contributed by atoms with Crippen LogP contribution in [0.3, 0.4) is 0 Å². The van der Waals surface area contributed by atoms with Crippen molar-refractivity contribution in [3.05, 3.63) is 118 Å². The van der Waals surface area contributed by atoms with E-state index < -0.39 is 77.9 Å². The number of nitrogens with zero attached hydrogens (tertiary/aromatic N) is 6.